The predicted octanol–water partition coefficient (Wildman–Crippen LogP) is 4.96. The van der Waals surface area contributed by atoms with Gasteiger partial charge in [-0.25, -0.2) is 4.98 Å². The zero-order valence-corrected chi connectivity index (χ0v) is 16.9. The molecule has 0 saturated heterocycles. The van der Waals surface area contributed by atoms with Crippen LogP contribution in [-0.2, 0) is 19.6 Å². The van der Waals surface area contributed by atoms with Gasteiger partial charge in [0, 0.05) is 18.8 Å². The number of hydrogen-bond donors (Lipinski definition) is 0. The Kier molecular flexibility index (Phi) is 6.35. The molecule has 2 aromatic heterocycles. The average molecular weight is 400 g/mol. The second-order valence-corrected chi connectivity index (χ2v) is 7.13. The summed E-state index contributed by atoms with van der Waals surface area (Å²) in [5.41, 5.74) is 4.34. The van der Waals surface area contributed by atoms with E-state index in [4.69, 9.17) is 9.15 Å². The lowest BCUT2D eigenvalue weighted by Crippen LogP contribution is -2.01. The van der Waals surface area contributed by atoms with Crippen molar-refractivity contribution in [2.24, 2.45) is 0 Å². The number of aromatic nitrogens is 4. The molecule has 0 unspecified atom stereocenters. The molecule has 0 fully saturated rings. The van der Waals surface area contributed by atoms with E-state index in [2.05, 4.69) is 58.6 Å². The topological polar surface area (TPSA) is 66.0 Å². The minimum absolute atomic E-state index is 0.365. The number of ether oxygens (including phenoxy) is 1. The SMILES string of the molecule is Cc1ccc(/C=C/c2nc(COc3cccc(CCCn4ccnn4)c3)co2)cc1. The molecule has 2 heterocycles. The summed E-state index contributed by atoms with van der Waals surface area (Å²) in [6.07, 6.45) is 11.0. The van der Waals surface area contributed by atoms with Gasteiger partial charge in [0.2, 0.25) is 5.89 Å². The van der Waals surface area contributed by atoms with Gasteiger partial charge in [0.1, 0.15) is 24.3 Å². The molecule has 0 saturated carbocycles. The van der Waals surface area contributed by atoms with Crippen LogP contribution in [-0.4, -0.2) is 20.0 Å². The van der Waals surface area contributed by atoms with Crippen LogP contribution in [0.15, 0.2) is 71.6 Å². The molecule has 0 spiro atoms. The first-order valence-corrected chi connectivity index (χ1v) is 9.99. The zero-order chi connectivity index (χ0) is 20.6. The summed E-state index contributed by atoms with van der Waals surface area (Å²) in [5, 5.41) is 7.81. The van der Waals surface area contributed by atoms with E-state index >= 15 is 0 Å². The summed E-state index contributed by atoms with van der Waals surface area (Å²) >= 11 is 0. The van der Waals surface area contributed by atoms with Gasteiger partial charge in [-0.05, 0) is 49.1 Å². The highest BCUT2D eigenvalue weighted by Gasteiger charge is 2.04. The van der Waals surface area contributed by atoms with Crippen LogP contribution in [0.4, 0.5) is 0 Å². The summed E-state index contributed by atoms with van der Waals surface area (Å²) in [5.74, 6) is 1.39. The van der Waals surface area contributed by atoms with Crippen LogP contribution < -0.4 is 4.74 Å². The monoisotopic (exact) mass is 400 g/mol. The van der Waals surface area contributed by atoms with Gasteiger partial charge in [0.25, 0.3) is 0 Å². The Labute approximate surface area is 175 Å². The van der Waals surface area contributed by atoms with Crippen LogP contribution in [0.25, 0.3) is 12.2 Å². The largest absolute Gasteiger partial charge is 0.487 e. The fraction of sp³-hybridized carbons (Fsp3) is 0.208. The van der Waals surface area contributed by atoms with Crippen molar-refractivity contribution in [1.29, 1.82) is 0 Å². The Balaban J connectivity index is 1.28. The van der Waals surface area contributed by atoms with Gasteiger partial charge < -0.3 is 9.15 Å². The quantitative estimate of drug-likeness (QED) is 0.397. The van der Waals surface area contributed by atoms with Crippen LogP contribution >= 0.6 is 0 Å². The van der Waals surface area contributed by atoms with E-state index in [9.17, 15) is 0 Å². The second-order valence-electron chi connectivity index (χ2n) is 7.13. The van der Waals surface area contributed by atoms with E-state index < -0.39 is 0 Å². The Morgan fingerprint density at radius 3 is 2.83 bits per heavy atom. The van der Waals surface area contributed by atoms with Gasteiger partial charge in [-0.1, -0.05) is 47.2 Å². The number of nitrogens with zero attached hydrogens (tertiary/aromatic N) is 4. The third-order valence-electron chi connectivity index (χ3n) is 4.67. The van der Waals surface area contributed by atoms with E-state index in [0.717, 1.165) is 36.4 Å². The summed E-state index contributed by atoms with van der Waals surface area (Å²) in [6, 6.07) is 16.4. The van der Waals surface area contributed by atoms with Crippen LogP contribution in [0.1, 0.15) is 34.7 Å². The van der Waals surface area contributed by atoms with Crippen molar-refractivity contribution in [2.45, 2.75) is 32.9 Å². The first-order chi connectivity index (χ1) is 14.7. The number of hydrogen-bond acceptors (Lipinski definition) is 5. The van der Waals surface area contributed by atoms with E-state index in [1.165, 1.54) is 11.1 Å². The Bertz CT molecular complexity index is 1080. The normalized spacial score (nSPS) is 11.2. The van der Waals surface area contributed by atoms with E-state index in [1.807, 2.05) is 35.2 Å². The number of oxazole rings is 1. The minimum atomic E-state index is 0.365. The maximum Gasteiger partial charge on any atom is 0.218 e. The molecule has 0 N–H and O–H groups in total. The fourth-order valence-electron chi connectivity index (χ4n) is 3.06. The standard InChI is InChI=1S/C24H24N4O2/c1-19-7-9-20(10-8-19)11-12-24-26-22(18-30-24)17-29-23-6-2-4-21(16-23)5-3-14-28-15-13-25-27-28/h2,4,6-13,15-16,18H,3,5,14,17H2,1H3/b12-11+. The Morgan fingerprint density at radius 2 is 2.00 bits per heavy atom. The van der Waals surface area contributed by atoms with Crippen LogP contribution in [0.3, 0.4) is 0 Å². The number of aryl methyl sites for hydroxylation is 3. The first kappa shape index (κ1) is 19.6. The summed E-state index contributed by atoms with van der Waals surface area (Å²) in [7, 11) is 0. The lowest BCUT2D eigenvalue weighted by atomic mass is 10.1. The average Bonchev–Trinajstić information content (AvgIpc) is 3.44. The highest BCUT2D eigenvalue weighted by atomic mass is 16.5. The second kappa shape index (κ2) is 9.69. The number of rotatable bonds is 9. The van der Waals surface area contributed by atoms with Gasteiger partial charge in [0.05, 0.1) is 6.20 Å². The van der Waals surface area contributed by atoms with E-state index in [1.54, 1.807) is 12.5 Å². The van der Waals surface area contributed by atoms with Gasteiger partial charge >= 0.3 is 0 Å². The highest BCUT2D eigenvalue weighted by Crippen LogP contribution is 2.17. The third-order valence-corrected chi connectivity index (χ3v) is 4.67. The van der Waals surface area contributed by atoms with Crippen molar-refractivity contribution in [3.8, 4) is 5.75 Å². The third kappa shape index (κ3) is 5.67. The molecule has 0 amide bonds. The first-order valence-electron chi connectivity index (χ1n) is 9.99. The molecule has 152 valence electrons. The summed E-state index contributed by atoms with van der Waals surface area (Å²) in [4.78, 5) is 4.46. The van der Waals surface area contributed by atoms with Gasteiger partial charge in [-0.15, -0.1) is 5.10 Å². The van der Waals surface area contributed by atoms with Gasteiger partial charge in [-0.2, -0.15) is 0 Å². The molecular formula is C24H24N4O2. The van der Waals surface area contributed by atoms with E-state index in [-0.39, 0.29) is 0 Å². The van der Waals surface area contributed by atoms with Crippen molar-refractivity contribution in [3.63, 3.8) is 0 Å². The lowest BCUT2D eigenvalue weighted by Gasteiger charge is -2.07. The fourth-order valence-corrected chi connectivity index (χ4v) is 3.06. The molecule has 6 nitrogen and oxygen atoms in total. The molecule has 30 heavy (non-hydrogen) atoms. The number of benzene rings is 2. The van der Waals surface area contributed by atoms with Crippen molar-refractivity contribution in [2.75, 3.05) is 0 Å². The molecule has 0 aliphatic heterocycles. The molecule has 4 rings (SSSR count). The molecule has 4 aromatic rings. The molecule has 0 bridgehead atoms. The lowest BCUT2D eigenvalue weighted by molar-refractivity contribution is 0.300. The Hall–Kier alpha value is -3.67. The molecular weight excluding hydrogens is 376 g/mol. The zero-order valence-electron chi connectivity index (χ0n) is 16.9. The van der Waals surface area contributed by atoms with Crippen LogP contribution in [0.2, 0.25) is 0 Å². The maximum absolute atomic E-state index is 5.90. The van der Waals surface area contributed by atoms with Gasteiger partial charge in [0.15, 0.2) is 0 Å². The molecule has 0 aliphatic rings. The van der Waals surface area contributed by atoms with Crippen molar-refractivity contribution in [1.82, 2.24) is 20.0 Å². The summed E-state index contributed by atoms with van der Waals surface area (Å²) < 4.78 is 13.3. The van der Waals surface area contributed by atoms with Crippen molar-refractivity contribution in [3.05, 3.63) is 95.5 Å². The molecule has 0 radical (unpaired) electrons. The highest BCUT2D eigenvalue weighted by molar-refractivity contribution is 5.66. The Morgan fingerprint density at radius 1 is 1.10 bits per heavy atom. The molecule has 0 atom stereocenters. The van der Waals surface area contributed by atoms with Crippen molar-refractivity contribution >= 4 is 12.2 Å². The molecule has 2 aromatic carbocycles. The van der Waals surface area contributed by atoms with Gasteiger partial charge in [-0.3, -0.25) is 4.68 Å². The molecule has 0 aliphatic carbocycles. The van der Waals surface area contributed by atoms with E-state index in [0.29, 0.717) is 12.5 Å². The maximum atomic E-state index is 5.90. The summed E-state index contributed by atoms with van der Waals surface area (Å²) in [6.45, 7) is 3.29. The minimum Gasteiger partial charge on any atom is -0.487 e. The predicted molar refractivity (Wildman–Crippen MR) is 116 cm³/mol. The van der Waals surface area contributed by atoms with Crippen molar-refractivity contribution < 1.29 is 9.15 Å². The van der Waals surface area contributed by atoms with Crippen LogP contribution in [0.5, 0.6) is 5.75 Å². The van der Waals surface area contributed by atoms with Crippen LogP contribution in [0, 0.1) is 6.92 Å². The smallest absolute Gasteiger partial charge is 0.218 e. The molecule has 6 heteroatoms.